The number of aromatic nitrogens is 3. The van der Waals surface area contributed by atoms with E-state index in [2.05, 4.69) is 22.2 Å². The van der Waals surface area contributed by atoms with E-state index in [0.717, 1.165) is 22.7 Å². The van der Waals surface area contributed by atoms with Gasteiger partial charge in [-0.2, -0.15) is 5.10 Å². The van der Waals surface area contributed by atoms with Gasteiger partial charge in [-0.15, -0.1) is 0 Å². The molecule has 27 heavy (non-hydrogen) atoms. The molecule has 1 aliphatic heterocycles. The second-order valence-electron chi connectivity index (χ2n) is 6.90. The predicted molar refractivity (Wildman–Crippen MR) is 103 cm³/mol. The van der Waals surface area contributed by atoms with Gasteiger partial charge in [0, 0.05) is 29.4 Å². The lowest BCUT2D eigenvalue weighted by atomic mass is 10.00. The minimum absolute atomic E-state index is 0.0493. The van der Waals surface area contributed by atoms with E-state index in [1.165, 1.54) is 15.8 Å². The highest BCUT2D eigenvalue weighted by Gasteiger charge is 2.21. The molecule has 6 nitrogen and oxygen atoms in total. The van der Waals surface area contributed by atoms with Crippen molar-refractivity contribution in [2.45, 2.75) is 19.5 Å². The number of hydrogen-bond donors (Lipinski definition) is 1. The van der Waals surface area contributed by atoms with Crippen LogP contribution in [0.3, 0.4) is 0 Å². The first-order valence-electron chi connectivity index (χ1n) is 9.02. The van der Waals surface area contributed by atoms with Gasteiger partial charge in [0.15, 0.2) is 0 Å². The molecule has 5 rings (SSSR count). The van der Waals surface area contributed by atoms with Gasteiger partial charge in [-0.3, -0.25) is 9.59 Å². The third kappa shape index (κ3) is 2.61. The molecule has 1 amide bonds. The van der Waals surface area contributed by atoms with E-state index in [0.29, 0.717) is 18.6 Å². The van der Waals surface area contributed by atoms with Gasteiger partial charge in [0.25, 0.3) is 5.56 Å². The summed E-state index contributed by atoms with van der Waals surface area (Å²) in [6.45, 7) is 1.20. The lowest BCUT2D eigenvalue weighted by molar-refractivity contribution is -0.133. The van der Waals surface area contributed by atoms with Crippen molar-refractivity contribution in [3.63, 3.8) is 0 Å². The van der Waals surface area contributed by atoms with Gasteiger partial charge >= 0.3 is 0 Å². The van der Waals surface area contributed by atoms with E-state index in [1.807, 2.05) is 36.4 Å². The highest BCUT2D eigenvalue weighted by Crippen LogP contribution is 2.22. The maximum Gasteiger partial charge on any atom is 0.291 e. The van der Waals surface area contributed by atoms with Crippen LogP contribution in [0.2, 0.25) is 0 Å². The number of benzene rings is 2. The minimum Gasteiger partial charge on any atom is -0.350 e. The minimum atomic E-state index is -0.269. The standard InChI is InChI=1S/C21H18N4O2/c26-19(24-10-9-14-5-1-2-6-15(14)12-24)13-25-21(27)20-17(11-22-25)16-7-3-4-8-18(16)23-20/h1-8,11,23H,9-10,12-13H2. The average molecular weight is 358 g/mol. The Balaban J connectivity index is 1.45. The van der Waals surface area contributed by atoms with Crippen molar-refractivity contribution in [2.24, 2.45) is 0 Å². The molecule has 1 N–H and O–H groups in total. The van der Waals surface area contributed by atoms with Gasteiger partial charge in [0.05, 0.1) is 6.20 Å². The highest BCUT2D eigenvalue weighted by atomic mass is 16.2. The second-order valence-corrected chi connectivity index (χ2v) is 6.90. The molecule has 2 aromatic heterocycles. The third-order valence-electron chi connectivity index (χ3n) is 5.29. The molecule has 0 saturated heterocycles. The summed E-state index contributed by atoms with van der Waals surface area (Å²) in [6.07, 6.45) is 2.50. The number of carbonyl (C=O) groups is 1. The molecule has 0 unspecified atom stereocenters. The van der Waals surface area contributed by atoms with Crippen LogP contribution in [0.25, 0.3) is 21.8 Å². The topological polar surface area (TPSA) is 71.0 Å². The third-order valence-corrected chi connectivity index (χ3v) is 5.29. The fourth-order valence-corrected chi connectivity index (χ4v) is 3.82. The molecule has 3 heterocycles. The largest absolute Gasteiger partial charge is 0.350 e. The lowest BCUT2D eigenvalue weighted by Crippen LogP contribution is -2.40. The molecule has 0 aliphatic carbocycles. The van der Waals surface area contributed by atoms with Crippen molar-refractivity contribution in [1.29, 1.82) is 0 Å². The number of aromatic amines is 1. The van der Waals surface area contributed by atoms with Crippen molar-refractivity contribution in [3.05, 3.63) is 76.2 Å². The Bertz CT molecular complexity index is 1240. The molecule has 134 valence electrons. The molecule has 0 saturated carbocycles. The molecule has 2 aromatic carbocycles. The Morgan fingerprint density at radius 3 is 2.70 bits per heavy atom. The molecule has 0 atom stereocenters. The zero-order valence-electron chi connectivity index (χ0n) is 14.7. The highest BCUT2D eigenvalue weighted by molar-refractivity contribution is 6.06. The van der Waals surface area contributed by atoms with E-state index < -0.39 is 0 Å². The van der Waals surface area contributed by atoms with E-state index >= 15 is 0 Å². The number of nitrogens with zero attached hydrogens (tertiary/aromatic N) is 3. The summed E-state index contributed by atoms with van der Waals surface area (Å²) in [5.41, 5.74) is 3.57. The molecule has 1 aliphatic rings. The summed E-state index contributed by atoms with van der Waals surface area (Å²) in [4.78, 5) is 30.5. The Morgan fingerprint density at radius 1 is 1.04 bits per heavy atom. The Morgan fingerprint density at radius 2 is 1.81 bits per heavy atom. The molecule has 6 heteroatoms. The fourth-order valence-electron chi connectivity index (χ4n) is 3.82. The summed E-state index contributed by atoms with van der Waals surface area (Å²) >= 11 is 0. The summed E-state index contributed by atoms with van der Waals surface area (Å²) in [5, 5.41) is 5.99. The summed E-state index contributed by atoms with van der Waals surface area (Å²) in [7, 11) is 0. The SMILES string of the molecule is O=C(Cn1ncc2c([nH]c3ccccc32)c1=O)N1CCc2ccccc2C1. The zero-order chi connectivity index (χ0) is 18.4. The number of carbonyl (C=O) groups excluding carboxylic acids is 1. The number of nitrogens with one attached hydrogen (secondary N) is 1. The molecular formula is C21H18N4O2. The van der Waals surface area contributed by atoms with Gasteiger partial charge < -0.3 is 9.88 Å². The van der Waals surface area contributed by atoms with Crippen LogP contribution in [0.15, 0.2) is 59.5 Å². The molecular weight excluding hydrogens is 340 g/mol. The quantitative estimate of drug-likeness (QED) is 0.598. The van der Waals surface area contributed by atoms with Crippen molar-refractivity contribution < 1.29 is 4.79 Å². The first-order chi connectivity index (χ1) is 13.2. The maximum absolute atomic E-state index is 12.8. The smallest absolute Gasteiger partial charge is 0.291 e. The van der Waals surface area contributed by atoms with E-state index in [4.69, 9.17) is 0 Å². The first-order valence-corrected chi connectivity index (χ1v) is 9.02. The summed E-state index contributed by atoms with van der Waals surface area (Å²) < 4.78 is 1.25. The van der Waals surface area contributed by atoms with Gasteiger partial charge in [0.1, 0.15) is 12.1 Å². The summed E-state index contributed by atoms with van der Waals surface area (Å²) in [6, 6.07) is 15.9. The van der Waals surface area contributed by atoms with Crippen LogP contribution < -0.4 is 5.56 Å². The van der Waals surface area contributed by atoms with Crippen LogP contribution in [0.1, 0.15) is 11.1 Å². The summed E-state index contributed by atoms with van der Waals surface area (Å²) in [5.74, 6) is -0.0884. The van der Waals surface area contributed by atoms with Gasteiger partial charge in [-0.25, -0.2) is 4.68 Å². The van der Waals surface area contributed by atoms with Crippen LogP contribution in [0.4, 0.5) is 0 Å². The first kappa shape index (κ1) is 15.8. The molecule has 0 fully saturated rings. The maximum atomic E-state index is 12.8. The monoisotopic (exact) mass is 358 g/mol. The van der Waals surface area contributed by atoms with Gasteiger partial charge in [0.2, 0.25) is 5.91 Å². The van der Waals surface area contributed by atoms with Crippen molar-refractivity contribution in [3.8, 4) is 0 Å². The number of amides is 1. The van der Waals surface area contributed by atoms with Crippen LogP contribution in [0, 0.1) is 0 Å². The van der Waals surface area contributed by atoms with E-state index in [1.54, 1.807) is 11.1 Å². The predicted octanol–water partition coefficient (Wildman–Crippen LogP) is 2.46. The van der Waals surface area contributed by atoms with Crippen molar-refractivity contribution in [1.82, 2.24) is 19.7 Å². The number of para-hydroxylation sites is 1. The van der Waals surface area contributed by atoms with Crippen LogP contribution in [-0.4, -0.2) is 32.1 Å². The fraction of sp³-hybridized carbons (Fsp3) is 0.190. The average Bonchev–Trinajstić information content (AvgIpc) is 3.09. The Labute approximate surface area is 155 Å². The zero-order valence-corrected chi connectivity index (χ0v) is 14.7. The van der Waals surface area contributed by atoms with Gasteiger partial charge in [-0.05, 0) is 23.6 Å². The normalized spacial score (nSPS) is 13.9. The lowest BCUT2D eigenvalue weighted by Gasteiger charge is -2.28. The Kier molecular flexibility index (Phi) is 3.57. The molecule has 0 radical (unpaired) electrons. The number of fused-ring (bicyclic) bond motifs is 4. The van der Waals surface area contributed by atoms with Gasteiger partial charge in [-0.1, -0.05) is 42.5 Å². The van der Waals surface area contributed by atoms with Crippen molar-refractivity contribution in [2.75, 3.05) is 6.54 Å². The molecule has 4 aromatic rings. The molecule has 0 bridgehead atoms. The van der Waals surface area contributed by atoms with Crippen LogP contribution >= 0.6 is 0 Å². The number of rotatable bonds is 2. The molecule has 0 spiro atoms. The second kappa shape index (κ2) is 6.09. The van der Waals surface area contributed by atoms with E-state index in [-0.39, 0.29) is 18.0 Å². The Hall–Kier alpha value is -3.41. The number of H-pyrrole nitrogens is 1. The van der Waals surface area contributed by atoms with Crippen molar-refractivity contribution >= 4 is 27.7 Å². The number of hydrogen-bond acceptors (Lipinski definition) is 3. The van der Waals surface area contributed by atoms with Crippen LogP contribution in [-0.2, 0) is 24.3 Å². The van der Waals surface area contributed by atoms with Crippen LogP contribution in [0.5, 0.6) is 0 Å². The van der Waals surface area contributed by atoms with E-state index in [9.17, 15) is 9.59 Å².